The molecule has 0 aliphatic carbocycles. The summed E-state index contributed by atoms with van der Waals surface area (Å²) in [5.41, 5.74) is 0.0864. The molecule has 0 atom stereocenters. The number of benzene rings is 2. The predicted molar refractivity (Wildman–Crippen MR) is 132 cm³/mol. The van der Waals surface area contributed by atoms with Crippen LogP contribution in [0.3, 0.4) is 0 Å². The van der Waals surface area contributed by atoms with Crippen molar-refractivity contribution in [1.82, 2.24) is 19.1 Å². The second kappa shape index (κ2) is 9.19. The predicted octanol–water partition coefficient (Wildman–Crippen LogP) is 3.11. The molecule has 0 bridgehead atoms. The lowest BCUT2D eigenvalue weighted by Gasteiger charge is -2.13. The van der Waals surface area contributed by atoms with Crippen molar-refractivity contribution in [2.45, 2.75) is 25.3 Å². The van der Waals surface area contributed by atoms with E-state index in [1.165, 1.54) is 23.4 Å². The average molecular weight is 464 g/mol. The highest BCUT2D eigenvalue weighted by molar-refractivity contribution is 8.00. The molecule has 170 valence electrons. The van der Waals surface area contributed by atoms with Crippen LogP contribution in [0.4, 0.5) is 5.69 Å². The lowest BCUT2D eigenvalue weighted by atomic mass is 10.1. The third kappa shape index (κ3) is 4.54. The molecule has 0 unspecified atom stereocenters. The van der Waals surface area contributed by atoms with E-state index in [2.05, 4.69) is 15.3 Å². The Morgan fingerprint density at radius 2 is 1.76 bits per heavy atom. The summed E-state index contributed by atoms with van der Waals surface area (Å²) in [6.45, 7) is 4.09. The van der Waals surface area contributed by atoms with Gasteiger partial charge in [-0.1, -0.05) is 62.0 Å². The van der Waals surface area contributed by atoms with E-state index in [1.807, 2.05) is 56.3 Å². The quantitative estimate of drug-likeness (QED) is 0.348. The number of rotatable bonds is 6. The van der Waals surface area contributed by atoms with Crippen LogP contribution >= 0.6 is 11.8 Å². The second-order valence-electron chi connectivity index (χ2n) is 8.31. The van der Waals surface area contributed by atoms with Gasteiger partial charge in [0.05, 0.1) is 5.75 Å². The van der Waals surface area contributed by atoms with Gasteiger partial charge in [0.15, 0.2) is 5.65 Å². The molecule has 0 saturated heterocycles. The van der Waals surface area contributed by atoms with Crippen molar-refractivity contribution < 1.29 is 4.79 Å². The molecule has 0 fully saturated rings. The van der Waals surface area contributed by atoms with E-state index in [9.17, 15) is 14.4 Å². The number of hydrogen-bond donors (Lipinski definition) is 1. The van der Waals surface area contributed by atoms with Crippen LogP contribution in [0, 0.1) is 5.92 Å². The first-order valence-corrected chi connectivity index (χ1v) is 11.6. The lowest BCUT2D eigenvalue weighted by Crippen LogP contribution is -2.38. The van der Waals surface area contributed by atoms with E-state index < -0.39 is 11.2 Å². The van der Waals surface area contributed by atoms with E-state index >= 15 is 0 Å². The molecule has 9 heteroatoms. The number of aryl methyl sites for hydroxylation is 1. The number of amides is 1. The summed E-state index contributed by atoms with van der Waals surface area (Å²) < 4.78 is 2.39. The summed E-state index contributed by atoms with van der Waals surface area (Å²) in [6.07, 6.45) is 0.592. The van der Waals surface area contributed by atoms with Crippen LogP contribution in [0.5, 0.6) is 0 Å². The first-order valence-electron chi connectivity index (χ1n) is 10.6. The molecule has 2 aromatic carbocycles. The van der Waals surface area contributed by atoms with Crippen molar-refractivity contribution in [2.24, 2.45) is 20.0 Å². The molecule has 0 saturated carbocycles. The molecule has 0 spiro atoms. The number of carbonyl (C=O) groups excluding carboxylic acids is 1. The molecule has 8 nitrogen and oxygen atoms in total. The number of anilines is 1. The van der Waals surface area contributed by atoms with E-state index in [0.717, 1.165) is 21.0 Å². The van der Waals surface area contributed by atoms with E-state index in [4.69, 9.17) is 0 Å². The maximum atomic E-state index is 12.9. The highest BCUT2D eigenvalue weighted by Crippen LogP contribution is 2.25. The Morgan fingerprint density at radius 1 is 1.03 bits per heavy atom. The number of aromatic nitrogens is 4. The van der Waals surface area contributed by atoms with Crippen LogP contribution in [-0.2, 0) is 25.3 Å². The van der Waals surface area contributed by atoms with Crippen LogP contribution in [0.1, 0.15) is 19.7 Å². The van der Waals surface area contributed by atoms with Gasteiger partial charge in [-0.2, -0.15) is 0 Å². The van der Waals surface area contributed by atoms with E-state index in [1.54, 1.807) is 7.05 Å². The van der Waals surface area contributed by atoms with Crippen molar-refractivity contribution >= 4 is 45.2 Å². The Kier molecular flexibility index (Phi) is 6.33. The molecule has 0 radical (unpaired) electrons. The van der Waals surface area contributed by atoms with Crippen LogP contribution in [0.2, 0.25) is 0 Å². The molecule has 4 aromatic rings. The zero-order valence-corrected chi connectivity index (χ0v) is 19.8. The smallest absolute Gasteiger partial charge is 0.325 e. The minimum atomic E-state index is -0.471. The summed E-state index contributed by atoms with van der Waals surface area (Å²) in [6, 6.07) is 13.6. The zero-order chi connectivity index (χ0) is 23.7. The fourth-order valence-corrected chi connectivity index (χ4v) is 4.52. The van der Waals surface area contributed by atoms with Crippen molar-refractivity contribution in [3.63, 3.8) is 0 Å². The SMILES string of the molecule is CC(C)Cc1nc(SCC(=O)Nc2cccc3ccccc23)c2c(=O)n(C)c(=O)n(C)c2n1. The molecule has 0 aliphatic heterocycles. The minimum absolute atomic E-state index is 0.0580. The van der Waals surface area contributed by atoms with Crippen LogP contribution in [-0.4, -0.2) is 30.8 Å². The summed E-state index contributed by atoms with van der Waals surface area (Å²) in [5.74, 6) is 0.675. The first kappa shape index (κ1) is 22.7. The van der Waals surface area contributed by atoms with Gasteiger partial charge in [-0.05, 0) is 17.4 Å². The van der Waals surface area contributed by atoms with Gasteiger partial charge in [0.1, 0.15) is 16.2 Å². The Hall–Kier alpha value is -3.46. The van der Waals surface area contributed by atoms with E-state index in [-0.39, 0.29) is 22.7 Å². The maximum absolute atomic E-state index is 12.9. The number of nitrogens with zero attached hydrogens (tertiary/aromatic N) is 4. The van der Waals surface area contributed by atoms with Crippen molar-refractivity contribution in [2.75, 3.05) is 11.1 Å². The second-order valence-corrected chi connectivity index (χ2v) is 9.27. The van der Waals surface area contributed by atoms with Crippen LogP contribution in [0.15, 0.2) is 57.1 Å². The molecule has 33 heavy (non-hydrogen) atoms. The van der Waals surface area contributed by atoms with Crippen molar-refractivity contribution in [1.29, 1.82) is 0 Å². The standard InChI is InChI=1S/C24H25N5O3S/c1-14(2)12-18-26-21-20(23(31)29(4)24(32)28(21)3)22(27-18)33-13-19(30)25-17-11-7-9-15-8-5-6-10-16(15)17/h5-11,14H,12-13H2,1-4H3,(H,25,30). The molecule has 2 aromatic heterocycles. The van der Waals surface area contributed by atoms with E-state index in [0.29, 0.717) is 23.2 Å². The number of thioether (sulfide) groups is 1. The average Bonchev–Trinajstić information content (AvgIpc) is 2.79. The Bertz CT molecular complexity index is 1480. The number of hydrogen-bond acceptors (Lipinski definition) is 6. The Morgan fingerprint density at radius 3 is 2.52 bits per heavy atom. The van der Waals surface area contributed by atoms with Gasteiger partial charge in [0.25, 0.3) is 5.56 Å². The summed E-state index contributed by atoms with van der Waals surface area (Å²) in [5, 5.41) is 5.59. The van der Waals surface area contributed by atoms with Gasteiger partial charge in [-0.25, -0.2) is 14.8 Å². The zero-order valence-electron chi connectivity index (χ0n) is 19.0. The third-order valence-electron chi connectivity index (χ3n) is 5.31. The number of nitrogens with one attached hydrogen (secondary N) is 1. The van der Waals surface area contributed by atoms with Gasteiger partial charge in [-0.3, -0.25) is 18.7 Å². The van der Waals surface area contributed by atoms with Gasteiger partial charge >= 0.3 is 5.69 Å². The number of carbonyl (C=O) groups is 1. The van der Waals surface area contributed by atoms with Gasteiger partial charge in [-0.15, -0.1) is 0 Å². The largest absolute Gasteiger partial charge is 0.332 e. The molecule has 2 heterocycles. The Balaban J connectivity index is 1.68. The van der Waals surface area contributed by atoms with Gasteiger partial charge in [0.2, 0.25) is 5.91 Å². The molecule has 1 N–H and O–H groups in total. The molecular formula is C24H25N5O3S. The monoisotopic (exact) mass is 463 g/mol. The molecular weight excluding hydrogens is 438 g/mol. The Labute approximate surface area is 194 Å². The fourth-order valence-electron chi connectivity index (χ4n) is 3.69. The summed E-state index contributed by atoms with van der Waals surface area (Å²) >= 11 is 1.17. The molecule has 1 amide bonds. The molecule has 0 aliphatic rings. The van der Waals surface area contributed by atoms with Gasteiger partial charge < -0.3 is 5.32 Å². The summed E-state index contributed by atoms with van der Waals surface area (Å²) in [7, 11) is 3.01. The first-order chi connectivity index (χ1) is 15.8. The summed E-state index contributed by atoms with van der Waals surface area (Å²) in [4.78, 5) is 47.2. The molecule has 4 rings (SSSR count). The lowest BCUT2D eigenvalue weighted by molar-refractivity contribution is -0.113. The highest BCUT2D eigenvalue weighted by atomic mass is 32.2. The van der Waals surface area contributed by atoms with Crippen LogP contribution < -0.4 is 16.6 Å². The van der Waals surface area contributed by atoms with Crippen molar-refractivity contribution in [3.05, 3.63) is 69.1 Å². The van der Waals surface area contributed by atoms with Gasteiger partial charge in [0, 0.05) is 31.6 Å². The highest BCUT2D eigenvalue weighted by Gasteiger charge is 2.19. The third-order valence-corrected chi connectivity index (χ3v) is 6.28. The normalized spacial score (nSPS) is 11.4. The van der Waals surface area contributed by atoms with Crippen LogP contribution in [0.25, 0.3) is 21.8 Å². The maximum Gasteiger partial charge on any atom is 0.332 e. The minimum Gasteiger partial charge on any atom is -0.325 e. The number of fused-ring (bicyclic) bond motifs is 2. The van der Waals surface area contributed by atoms with Crippen molar-refractivity contribution in [3.8, 4) is 0 Å². The topological polar surface area (TPSA) is 98.9 Å². The fraction of sp³-hybridized carbons (Fsp3) is 0.292.